The maximum absolute atomic E-state index is 11.6. The minimum absolute atomic E-state index is 0.154. The maximum atomic E-state index is 11.6. The van der Waals surface area contributed by atoms with Crippen LogP contribution in [0.2, 0.25) is 0 Å². The number of hydrogen-bond acceptors (Lipinski definition) is 4. The Morgan fingerprint density at radius 1 is 1.10 bits per heavy atom. The van der Waals surface area contributed by atoms with Gasteiger partial charge in [0.15, 0.2) is 5.60 Å². The van der Waals surface area contributed by atoms with Crippen molar-refractivity contribution in [1.29, 1.82) is 0 Å². The quantitative estimate of drug-likeness (QED) is 0.530. The molecule has 0 aromatic heterocycles. The number of aliphatic hydroxyl groups is 1. The number of carboxylic acids is 1. The SMILES string of the molecule is CC(O)(CNC(=O)CNC(=O)Cc1ccccc1)C(=O)O. The van der Waals surface area contributed by atoms with Crippen molar-refractivity contribution in [2.24, 2.45) is 0 Å². The zero-order valence-corrected chi connectivity index (χ0v) is 11.6. The Kier molecular flexibility index (Phi) is 5.86. The average molecular weight is 294 g/mol. The Balaban J connectivity index is 2.30. The molecule has 0 aliphatic carbocycles. The van der Waals surface area contributed by atoms with Gasteiger partial charge < -0.3 is 20.8 Å². The van der Waals surface area contributed by atoms with Crippen LogP contribution in [0, 0.1) is 0 Å². The molecule has 21 heavy (non-hydrogen) atoms. The van der Waals surface area contributed by atoms with E-state index in [2.05, 4.69) is 10.6 Å². The van der Waals surface area contributed by atoms with E-state index >= 15 is 0 Å². The van der Waals surface area contributed by atoms with Crippen molar-refractivity contribution in [3.8, 4) is 0 Å². The summed E-state index contributed by atoms with van der Waals surface area (Å²) < 4.78 is 0. The average Bonchev–Trinajstić information content (AvgIpc) is 2.44. The van der Waals surface area contributed by atoms with Gasteiger partial charge in [0, 0.05) is 0 Å². The molecule has 0 saturated carbocycles. The van der Waals surface area contributed by atoms with E-state index in [-0.39, 0.29) is 18.9 Å². The Hall–Kier alpha value is -2.41. The number of carbonyl (C=O) groups is 3. The first kappa shape index (κ1) is 16.6. The second kappa shape index (κ2) is 7.39. The van der Waals surface area contributed by atoms with E-state index in [0.29, 0.717) is 0 Å². The molecule has 0 heterocycles. The molecule has 0 fully saturated rings. The van der Waals surface area contributed by atoms with Crippen molar-refractivity contribution >= 4 is 17.8 Å². The fourth-order valence-electron chi connectivity index (χ4n) is 1.43. The van der Waals surface area contributed by atoms with Gasteiger partial charge in [-0.3, -0.25) is 9.59 Å². The van der Waals surface area contributed by atoms with Crippen LogP contribution in [0.3, 0.4) is 0 Å². The van der Waals surface area contributed by atoms with Gasteiger partial charge in [-0.25, -0.2) is 4.79 Å². The van der Waals surface area contributed by atoms with Crippen LogP contribution in [-0.4, -0.2) is 46.7 Å². The molecule has 0 saturated heterocycles. The molecule has 0 bridgehead atoms. The van der Waals surface area contributed by atoms with Gasteiger partial charge in [0.05, 0.1) is 19.5 Å². The lowest BCUT2D eigenvalue weighted by molar-refractivity contribution is -0.156. The lowest BCUT2D eigenvalue weighted by Gasteiger charge is -2.18. The second-order valence-corrected chi connectivity index (χ2v) is 4.79. The summed E-state index contributed by atoms with van der Waals surface area (Å²) >= 11 is 0. The molecule has 0 radical (unpaired) electrons. The van der Waals surface area contributed by atoms with E-state index < -0.39 is 24.0 Å². The highest BCUT2D eigenvalue weighted by Crippen LogP contribution is 2.00. The first-order chi connectivity index (χ1) is 9.81. The van der Waals surface area contributed by atoms with Gasteiger partial charge in [0.2, 0.25) is 11.8 Å². The molecule has 0 aliphatic rings. The standard InChI is InChI=1S/C14H18N2O5/c1-14(21,13(19)20)9-16-12(18)8-15-11(17)7-10-5-3-2-4-6-10/h2-6,21H,7-9H2,1H3,(H,15,17)(H,16,18)(H,19,20). The van der Waals surface area contributed by atoms with Gasteiger partial charge in [-0.1, -0.05) is 30.3 Å². The number of nitrogens with one attached hydrogen (secondary N) is 2. The monoisotopic (exact) mass is 294 g/mol. The van der Waals surface area contributed by atoms with Crippen LogP contribution < -0.4 is 10.6 Å². The summed E-state index contributed by atoms with van der Waals surface area (Å²) in [6.07, 6.45) is 0.154. The van der Waals surface area contributed by atoms with E-state index in [0.717, 1.165) is 12.5 Å². The van der Waals surface area contributed by atoms with Crippen LogP contribution in [0.4, 0.5) is 0 Å². The summed E-state index contributed by atoms with van der Waals surface area (Å²) in [5, 5.41) is 22.7. The van der Waals surface area contributed by atoms with Gasteiger partial charge in [-0.05, 0) is 12.5 Å². The number of carboxylic acid groups (broad SMARTS) is 1. The van der Waals surface area contributed by atoms with Gasteiger partial charge in [0.25, 0.3) is 0 Å². The van der Waals surface area contributed by atoms with Crippen molar-refractivity contribution in [1.82, 2.24) is 10.6 Å². The molecule has 7 heteroatoms. The van der Waals surface area contributed by atoms with Crippen molar-refractivity contribution in [3.05, 3.63) is 35.9 Å². The molecule has 114 valence electrons. The first-order valence-corrected chi connectivity index (χ1v) is 6.34. The lowest BCUT2D eigenvalue weighted by atomic mass is 10.1. The third kappa shape index (κ3) is 6.05. The minimum Gasteiger partial charge on any atom is -0.479 e. The predicted molar refractivity (Wildman–Crippen MR) is 74.4 cm³/mol. The van der Waals surface area contributed by atoms with Crippen molar-refractivity contribution < 1.29 is 24.6 Å². The van der Waals surface area contributed by atoms with Crippen molar-refractivity contribution in [2.45, 2.75) is 18.9 Å². The summed E-state index contributed by atoms with van der Waals surface area (Å²) in [5.74, 6) is -2.32. The number of carbonyl (C=O) groups excluding carboxylic acids is 2. The van der Waals surface area contributed by atoms with Crippen LogP contribution in [-0.2, 0) is 20.8 Å². The Morgan fingerprint density at radius 3 is 2.29 bits per heavy atom. The van der Waals surface area contributed by atoms with Crippen LogP contribution in [0.25, 0.3) is 0 Å². The minimum atomic E-state index is -2.04. The topological polar surface area (TPSA) is 116 Å². The number of aliphatic carboxylic acids is 1. The fraction of sp³-hybridized carbons (Fsp3) is 0.357. The van der Waals surface area contributed by atoms with Gasteiger partial charge in [-0.15, -0.1) is 0 Å². The molecule has 1 aromatic rings. The molecule has 1 unspecified atom stereocenters. The van der Waals surface area contributed by atoms with Gasteiger partial charge in [-0.2, -0.15) is 0 Å². The van der Waals surface area contributed by atoms with E-state index in [1.807, 2.05) is 18.2 Å². The zero-order chi connectivity index (χ0) is 15.9. The highest BCUT2D eigenvalue weighted by atomic mass is 16.4. The molecule has 0 aliphatic heterocycles. The molecule has 1 aromatic carbocycles. The predicted octanol–water partition coefficient (Wildman–Crippen LogP) is -0.703. The van der Waals surface area contributed by atoms with E-state index in [1.165, 1.54) is 0 Å². The lowest BCUT2D eigenvalue weighted by Crippen LogP contribution is -2.48. The molecular formula is C14H18N2O5. The number of hydrogen-bond donors (Lipinski definition) is 4. The largest absolute Gasteiger partial charge is 0.479 e. The van der Waals surface area contributed by atoms with Crippen molar-refractivity contribution in [2.75, 3.05) is 13.1 Å². The molecule has 1 atom stereocenters. The molecule has 1 rings (SSSR count). The zero-order valence-electron chi connectivity index (χ0n) is 11.6. The fourth-order valence-corrected chi connectivity index (χ4v) is 1.43. The Labute approximate surface area is 122 Å². The summed E-state index contributed by atoms with van der Waals surface area (Å²) in [6.45, 7) is 0.362. The summed E-state index contributed by atoms with van der Waals surface area (Å²) in [4.78, 5) is 33.7. The Bertz CT molecular complexity index is 513. The summed E-state index contributed by atoms with van der Waals surface area (Å²) in [7, 11) is 0. The molecule has 7 nitrogen and oxygen atoms in total. The highest BCUT2D eigenvalue weighted by Gasteiger charge is 2.30. The number of amides is 2. The molecule has 0 spiro atoms. The summed E-state index contributed by atoms with van der Waals surface area (Å²) in [5.41, 5.74) is -1.21. The van der Waals surface area contributed by atoms with E-state index in [1.54, 1.807) is 12.1 Å². The number of rotatable bonds is 7. The van der Waals surface area contributed by atoms with E-state index in [9.17, 15) is 19.5 Å². The van der Waals surface area contributed by atoms with Gasteiger partial charge in [0.1, 0.15) is 0 Å². The van der Waals surface area contributed by atoms with Crippen molar-refractivity contribution in [3.63, 3.8) is 0 Å². The first-order valence-electron chi connectivity index (χ1n) is 6.34. The third-order valence-electron chi connectivity index (χ3n) is 2.74. The van der Waals surface area contributed by atoms with Gasteiger partial charge >= 0.3 is 5.97 Å². The third-order valence-corrected chi connectivity index (χ3v) is 2.74. The number of benzene rings is 1. The molecule has 2 amide bonds. The summed E-state index contributed by atoms with van der Waals surface area (Å²) in [6, 6.07) is 9.04. The van der Waals surface area contributed by atoms with Crippen LogP contribution >= 0.6 is 0 Å². The molecule has 4 N–H and O–H groups in total. The van der Waals surface area contributed by atoms with Crippen LogP contribution in [0.1, 0.15) is 12.5 Å². The maximum Gasteiger partial charge on any atom is 0.337 e. The molecular weight excluding hydrogens is 276 g/mol. The normalized spacial score (nSPS) is 13.0. The van der Waals surface area contributed by atoms with Crippen LogP contribution in [0.5, 0.6) is 0 Å². The highest BCUT2D eigenvalue weighted by molar-refractivity contribution is 5.86. The van der Waals surface area contributed by atoms with Crippen LogP contribution in [0.15, 0.2) is 30.3 Å². The van der Waals surface area contributed by atoms with E-state index in [4.69, 9.17) is 5.11 Å². The Morgan fingerprint density at radius 2 is 1.71 bits per heavy atom. The smallest absolute Gasteiger partial charge is 0.337 e. The second-order valence-electron chi connectivity index (χ2n) is 4.79.